The Labute approximate surface area is 130 Å². The van der Waals surface area contributed by atoms with Gasteiger partial charge in [-0.05, 0) is 32.8 Å². The van der Waals surface area contributed by atoms with Crippen molar-refractivity contribution < 1.29 is 19.5 Å². The predicted molar refractivity (Wildman–Crippen MR) is 84.7 cm³/mol. The Morgan fingerprint density at radius 1 is 1.24 bits per heavy atom. The van der Waals surface area contributed by atoms with Crippen LogP contribution in [0.5, 0.6) is 0 Å². The number of unbranched alkanes of at least 4 members (excludes halogenated alkanes) is 3. The first-order valence-corrected chi connectivity index (χ1v) is 8.34. The number of hydrogen-bond donors (Lipinski definition) is 1. The number of carbonyl (C=O) groups excluding carboxylic acids is 1. The summed E-state index contributed by atoms with van der Waals surface area (Å²) in [5.41, 5.74) is 0. The molecule has 0 radical (unpaired) electrons. The van der Waals surface area contributed by atoms with Crippen LogP contribution in [0.25, 0.3) is 0 Å². The smallest absolute Gasteiger partial charge is 0.143 e. The Morgan fingerprint density at radius 2 is 1.86 bits per heavy atom. The molecule has 0 aliphatic carbocycles. The molecule has 0 saturated carbocycles. The van der Waals surface area contributed by atoms with Gasteiger partial charge in [-0.25, -0.2) is 0 Å². The average Bonchev–Trinajstić information content (AvgIpc) is 2.47. The summed E-state index contributed by atoms with van der Waals surface area (Å²) < 4.78 is 0.730. The molecule has 21 heavy (non-hydrogen) atoms. The normalized spacial score (nSPS) is 14.2. The van der Waals surface area contributed by atoms with E-state index in [1.807, 2.05) is 6.08 Å². The molecule has 0 saturated heterocycles. The highest BCUT2D eigenvalue weighted by Gasteiger charge is 2.25. The molecular formula is C17H33NO3. The molecule has 0 aliphatic rings. The third-order valence-corrected chi connectivity index (χ3v) is 4.47. The van der Waals surface area contributed by atoms with Gasteiger partial charge in [0.25, 0.3) is 0 Å². The zero-order valence-electron chi connectivity index (χ0n) is 14.2. The first-order chi connectivity index (χ1) is 9.90. The van der Waals surface area contributed by atoms with Gasteiger partial charge in [0.1, 0.15) is 12.3 Å². The minimum atomic E-state index is -0.986. The van der Waals surface area contributed by atoms with Gasteiger partial charge >= 0.3 is 0 Å². The molecule has 1 unspecified atom stereocenters. The molecule has 4 nitrogen and oxygen atoms in total. The zero-order valence-corrected chi connectivity index (χ0v) is 14.2. The summed E-state index contributed by atoms with van der Waals surface area (Å²) in [6, 6.07) is 0. The molecule has 0 heterocycles. The van der Waals surface area contributed by atoms with Crippen molar-refractivity contribution >= 4 is 5.97 Å². The van der Waals surface area contributed by atoms with E-state index in [1.165, 1.54) is 12.8 Å². The molecule has 0 aromatic heterocycles. The number of carboxylic acid groups (broad SMARTS) is 1. The van der Waals surface area contributed by atoms with Gasteiger partial charge in [-0.3, -0.25) is 0 Å². The van der Waals surface area contributed by atoms with Crippen molar-refractivity contribution in [3.63, 3.8) is 0 Å². The molecule has 0 bridgehead atoms. The van der Waals surface area contributed by atoms with E-state index in [2.05, 4.69) is 20.8 Å². The quantitative estimate of drug-likeness (QED) is 0.342. The molecule has 1 N–H and O–H groups in total. The molecule has 0 aliphatic heterocycles. The highest BCUT2D eigenvalue weighted by molar-refractivity contribution is 5.66. The van der Waals surface area contributed by atoms with Crippen molar-refractivity contribution in [2.45, 2.75) is 59.8 Å². The lowest BCUT2D eigenvalue weighted by Crippen LogP contribution is -2.50. The van der Waals surface area contributed by atoms with Crippen LogP contribution in [0.1, 0.15) is 59.8 Å². The summed E-state index contributed by atoms with van der Waals surface area (Å²) in [5, 5.41) is 21.0. The molecule has 0 spiro atoms. The summed E-state index contributed by atoms with van der Waals surface area (Å²) >= 11 is 0. The van der Waals surface area contributed by atoms with Gasteiger partial charge in [0, 0.05) is 18.3 Å². The number of rotatable bonds is 12. The largest absolute Gasteiger partial charge is 0.550 e. The van der Waals surface area contributed by atoms with E-state index < -0.39 is 11.9 Å². The molecular weight excluding hydrogens is 266 g/mol. The molecule has 0 rings (SSSR count). The van der Waals surface area contributed by atoms with E-state index in [-0.39, 0.29) is 0 Å². The highest BCUT2D eigenvalue weighted by atomic mass is 16.4. The van der Waals surface area contributed by atoms with E-state index in [0.29, 0.717) is 18.7 Å². The van der Waals surface area contributed by atoms with Crippen molar-refractivity contribution in [1.29, 1.82) is 0 Å². The third kappa shape index (κ3) is 8.10. The lowest BCUT2D eigenvalue weighted by Gasteiger charge is -2.37. The molecule has 124 valence electrons. The van der Waals surface area contributed by atoms with E-state index in [4.69, 9.17) is 0 Å². The molecule has 0 aromatic carbocycles. The van der Waals surface area contributed by atoms with Crippen LogP contribution < -0.4 is 5.11 Å². The molecule has 0 fully saturated rings. The lowest BCUT2D eigenvalue weighted by molar-refractivity contribution is -0.922. The van der Waals surface area contributed by atoms with Crippen molar-refractivity contribution in [3.05, 3.63) is 11.8 Å². The van der Waals surface area contributed by atoms with Gasteiger partial charge in [-0.15, -0.1) is 0 Å². The van der Waals surface area contributed by atoms with Gasteiger partial charge in [0.15, 0.2) is 0 Å². The second-order valence-corrected chi connectivity index (χ2v) is 6.06. The fourth-order valence-electron chi connectivity index (χ4n) is 2.50. The maximum absolute atomic E-state index is 10.8. The monoisotopic (exact) mass is 299 g/mol. The Bertz CT molecular complexity index is 322. The second-order valence-electron chi connectivity index (χ2n) is 6.06. The van der Waals surface area contributed by atoms with Gasteiger partial charge in [-0.2, -0.15) is 0 Å². The predicted octanol–water partition coefficient (Wildman–Crippen LogP) is 2.64. The number of hydrogen-bond acceptors (Lipinski definition) is 3. The summed E-state index contributed by atoms with van der Waals surface area (Å²) in [4.78, 5) is 10.8. The van der Waals surface area contributed by atoms with Crippen molar-refractivity contribution in [2.24, 2.45) is 5.92 Å². The Balaban J connectivity index is 4.53. The second kappa shape index (κ2) is 10.7. The van der Waals surface area contributed by atoms with Crippen molar-refractivity contribution in [3.8, 4) is 0 Å². The Hall–Kier alpha value is -1.03. The first kappa shape index (κ1) is 20.0. The fraction of sp³-hybridized carbons (Fsp3) is 0.824. The van der Waals surface area contributed by atoms with Crippen molar-refractivity contribution in [1.82, 2.24) is 0 Å². The topological polar surface area (TPSA) is 60.4 Å². The fourth-order valence-corrected chi connectivity index (χ4v) is 2.50. The number of carbonyl (C=O) groups is 1. The van der Waals surface area contributed by atoms with Gasteiger partial charge in [0.2, 0.25) is 0 Å². The maximum atomic E-state index is 10.8. The summed E-state index contributed by atoms with van der Waals surface area (Å²) in [7, 11) is 0. The molecule has 0 amide bonds. The number of allylic oxidation sites excluding steroid dienone is 1. The number of aliphatic hydroxyl groups is 1. The summed E-state index contributed by atoms with van der Waals surface area (Å²) in [6.07, 6.45) is 6.92. The van der Waals surface area contributed by atoms with Crippen LogP contribution in [-0.2, 0) is 4.79 Å². The number of quaternary nitrogens is 1. The van der Waals surface area contributed by atoms with Crippen LogP contribution in [0.2, 0.25) is 0 Å². The lowest BCUT2D eigenvalue weighted by atomic mass is 10.1. The number of nitrogens with zero attached hydrogens (tertiary/aromatic N) is 1. The van der Waals surface area contributed by atoms with E-state index in [9.17, 15) is 15.0 Å². The minimum absolute atomic E-state index is 0.434. The van der Waals surface area contributed by atoms with Crippen LogP contribution in [0.15, 0.2) is 11.8 Å². The van der Waals surface area contributed by atoms with Crippen LogP contribution in [0, 0.1) is 5.92 Å². The van der Waals surface area contributed by atoms with E-state index >= 15 is 0 Å². The SMILES string of the molecule is CCCCC/C=C(\O)C[N+](CC)(CC)CCC(C)C(=O)[O-]. The maximum Gasteiger partial charge on any atom is 0.143 e. The molecule has 0 aromatic rings. The number of likely N-dealkylation sites (N-methyl/N-ethyl adjacent to an activating group) is 1. The number of aliphatic carboxylic acids is 1. The number of aliphatic hydroxyl groups excluding tert-OH is 1. The van der Waals surface area contributed by atoms with Crippen LogP contribution in [0.4, 0.5) is 0 Å². The number of carboxylic acids is 1. The first-order valence-electron chi connectivity index (χ1n) is 8.34. The average molecular weight is 299 g/mol. The van der Waals surface area contributed by atoms with Gasteiger partial charge in [0.05, 0.1) is 19.6 Å². The van der Waals surface area contributed by atoms with Crippen LogP contribution in [-0.4, -0.2) is 41.7 Å². The highest BCUT2D eigenvalue weighted by Crippen LogP contribution is 2.15. The van der Waals surface area contributed by atoms with E-state index in [1.54, 1.807) is 6.92 Å². The van der Waals surface area contributed by atoms with Gasteiger partial charge in [-0.1, -0.05) is 26.7 Å². The molecule has 1 atom stereocenters. The summed E-state index contributed by atoms with van der Waals surface area (Å²) in [5.74, 6) is -0.980. The van der Waals surface area contributed by atoms with Crippen LogP contribution >= 0.6 is 0 Å². The molecule has 4 heteroatoms. The van der Waals surface area contributed by atoms with Gasteiger partial charge < -0.3 is 19.5 Å². The minimum Gasteiger partial charge on any atom is -0.550 e. The zero-order chi connectivity index (χ0) is 16.3. The Kier molecular flexibility index (Phi) is 10.1. The standard InChI is InChI=1S/C17H33NO3/c1-5-8-9-10-11-16(19)14-18(6-2,7-3)13-12-15(4)17(20)21/h11,15H,5-10,12-14H2,1-4H3,(H-,19,20,21)/b16-11-. The summed E-state index contributed by atoms with van der Waals surface area (Å²) in [6.45, 7) is 11.2. The van der Waals surface area contributed by atoms with Crippen LogP contribution in [0.3, 0.4) is 0 Å². The van der Waals surface area contributed by atoms with Crippen molar-refractivity contribution in [2.75, 3.05) is 26.2 Å². The third-order valence-electron chi connectivity index (χ3n) is 4.47. The van der Waals surface area contributed by atoms with E-state index in [0.717, 1.165) is 37.0 Å². The Morgan fingerprint density at radius 3 is 2.33 bits per heavy atom.